The number of aromatic amines is 1. The van der Waals surface area contributed by atoms with E-state index in [1.165, 1.54) is 0 Å². The minimum Gasteiger partial charge on any atom is -0.467 e. The van der Waals surface area contributed by atoms with Gasteiger partial charge in [0, 0.05) is 12.6 Å². The van der Waals surface area contributed by atoms with E-state index in [9.17, 15) is 14.7 Å². The van der Waals surface area contributed by atoms with E-state index in [1.54, 1.807) is 33.1 Å². The van der Waals surface area contributed by atoms with Gasteiger partial charge in [-0.3, -0.25) is 9.69 Å². The molecular formula is C23H31N3O6S. The van der Waals surface area contributed by atoms with Crippen molar-refractivity contribution in [2.24, 2.45) is 0 Å². The molecule has 10 heteroatoms. The predicted molar refractivity (Wildman–Crippen MR) is 125 cm³/mol. The van der Waals surface area contributed by atoms with Crippen molar-refractivity contribution in [1.29, 1.82) is 0 Å². The van der Waals surface area contributed by atoms with Crippen molar-refractivity contribution in [1.82, 2.24) is 14.9 Å². The molecule has 3 rings (SSSR count). The molecule has 3 aromatic rings. The van der Waals surface area contributed by atoms with Gasteiger partial charge < -0.3 is 24.0 Å². The summed E-state index contributed by atoms with van der Waals surface area (Å²) in [5.41, 5.74) is 0.282. The molecule has 0 unspecified atom stereocenters. The topological polar surface area (TPSA) is 118 Å². The second kappa shape index (κ2) is 11.1. The van der Waals surface area contributed by atoms with Crippen LogP contribution in [-0.2, 0) is 22.6 Å². The van der Waals surface area contributed by atoms with Crippen molar-refractivity contribution in [3.05, 3.63) is 50.8 Å². The van der Waals surface area contributed by atoms with Crippen molar-refractivity contribution in [2.45, 2.75) is 66.0 Å². The predicted octanol–water partition coefficient (Wildman–Crippen LogP) is 3.24. The molecule has 0 saturated heterocycles. The molecule has 0 fully saturated rings. The number of carbonyl (C=O) groups is 1. The van der Waals surface area contributed by atoms with E-state index in [2.05, 4.69) is 9.97 Å². The highest BCUT2D eigenvalue weighted by Gasteiger charge is 2.22. The van der Waals surface area contributed by atoms with Gasteiger partial charge in [-0.2, -0.15) is 0 Å². The van der Waals surface area contributed by atoms with Gasteiger partial charge >= 0.3 is 5.97 Å². The Morgan fingerprint density at radius 1 is 1.33 bits per heavy atom. The molecule has 0 saturated carbocycles. The number of hydrogen-bond donors (Lipinski definition) is 2. The van der Waals surface area contributed by atoms with Crippen LogP contribution < -0.4 is 5.56 Å². The van der Waals surface area contributed by atoms with Gasteiger partial charge in [0.05, 0.1) is 37.0 Å². The summed E-state index contributed by atoms with van der Waals surface area (Å²) in [6, 6.07) is 3.68. The molecule has 0 aliphatic rings. The molecule has 0 radical (unpaired) electrons. The van der Waals surface area contributed by atoms with Crippen LogP contribution in [0.4, 0.5) is 0 Å². The third-order valence-corrected chi connectivity index (χ3v) is 6.21. The Hall–Kier alpha value is -2.53. The third-order valence-electron chi connectivity index (χ3n) is 5.04. The number of aliphatic hydroxyl groups excluding tert-OH is 1. The van der Waals surface area contributed by atoms with Gasteiger partial charge in [0.25, 0.3) is 5.56 Å². The largest absolute Gasteiger partial charge is 0.467 e. The molecule has 1 atom stereocenters. The van der Waals surface area contributed by atoms with Crippen molar-refractivity contribution < 1.29 is 23.8 Å². The highest BCUT2D eigenvalue weighted by molar-refractivity contribution is 7.20. The van der Waals surface area contributed by atoms with Crippen molar-refractivity contribution in [2.75, 3.05) is 13.2 Å². The number of H-pyrrole nitrogens is 1. The maximum atomic E-state index is 12.8. The molecule has 0 aliphatic heterocycles. The highest BCUT2D eigenvalue weighted by atomic mass is 32.1. The first-order chi connectivity index (χ1) is 15.7. The fraction of sp³-hybridized carbons (Fsp3) is 0.522. The molecule has 33 heavy (non-hydrogen) atoms. The molecule has 2 N–H and O–H groups in total. The Labute approximate surface area is 196 Å². The molecule has 0 amide bonds. The van der Waals surface area contributed by atoms with E-state index in [0.29, 0.717) is 45.3 Å². The number of esters is 1. The average Bonchev–Trinajstić information content (AvgIpc) is 3.35. The summed E-state index contributed by atoms with van der Waals surface area (Å²) in [6.45, 7) is 10.4. The second-order valence-electron chi connectivity index (χ2n) is 8.47. The summed E-state index contributed by atoms with van der Waals surface area (Å²) in [5.74, 6) is 0.712. The molecule has 0 aromatic carbocycles. The molecule has 180 valence electrons. The molecular weight excluding hydrogens is 446 g/mol. The Balaban J connectivity index is 1.71. The number of hydrogen-bond acceptors (Lipinski definition) is 9. The quantitative estimate of drug-likeness (QED) is 0.404. The fourth-order valence-electron chi connectivity index (χ4n) is 3.39. The monoisotopic (exact) mass is 477 g/mol. The van der Waals surface area contributed by atoms with Gasteiger partial charge in [-0.05, 0) is 52.3 Å². The molecule has 3 heterocycles. The smallest absolute Gasteiger partial charge is 0.348 e. The average molecular weight is 478 g/mol. The van der Waals surface area contributed by atoms with E-state index >= 15 is 0 Å². The SMILES string of the molecule is Cc1c(C(=O)OC(C)C)sc2nc(CN(C[C@@H](O)COCc3ccco3)C(C)C)[nH]c(=O)c12. The Kier molecular flexibility index (Phi) is 8.41. The zero-order valence-corrected chi connectivity index (χ0v) is 20.4. The lowest BCUT2D eigenvalue weighted by Gasteiger charge is -2.28. The summed E-state index contributed by atoms with van der Waals surface area (Å²) in [4.78, 5) is 35.5. The van der Waals surface area contributed by atoms with Crippen molar-refractivity contribution in [3.63, 3.8) is 0 Å². The number of furan rings is 1. The highest BCUT2D eigenvalue weighted by Crippen LogP contribution is 2.28. The maximum Gasteiger partial charge on any atom is 0.348 e. The summed E-state index contributed by atoms with van der Waals surface area (Å²) in [6.07, 6.45) is 0.600. The number of aryl methyl sites for hydroxylation is 1. The molecule has 0 spiro atoms. The number of carbonyl (C=O) groups excluding carboxylic acids is 1. The first kappa shape index (κ1) is 25.1. The molecule has 9 nitrogen and oxygen atoms in total. The second-order valence-corrected chi connectivity index (χ2v) is 9.47. The normalized spacial score (nSPS) is 12.9. The number of ether oxygens (including phenoxy) is 2. The standard InChI is InChI=1S/C23H31N3O6S/c1-13(2)26(9-16(27)11-30-12-17-7-6-8-31-17)10-18-24-21(28)19-15(5)20(33-22(19)25-18)23(29)32-14(3)4/h6-8,13-14,16,27H,9-12H2,1-5H3,(H,24,25,28)/t16-/m1/s1. The molecule has 0 aliphatic carbocycles. The van der Waals surface area contributed by atoms with Crippen molar-refractivity contribution >= 4 is 27.5 Å². The van der Waals surface area contributed by atoms with Gasteiger partial charge in [-0.15, -0.1) is 11.3 Å². The maximum absolute atomic E-state index is 12.8. The van der Waals surface area contributed by atoms with Crippen LogP contribution in [0.15, 0.2) is 27.6 Å². The number of thiophene rings is 1. The lowest BCUT2D eigenvalue weighted by molar-refractivity contribution is -0.00158. The minimum absolute atomic E-state index is 0.0902. The van der Waals surface area contributed by atoms with Crippen LogP contribution in [0.3, 0.4) is 0 Å². The number of nitrogens with one attached hydrogen (secondary N) is 1. The van der Waals surface area contributed by atoms with Crippen molar-refractivity contribution in [3.8, 4) is 0 Å². The number of aromatic nitrogens is 2. The Morgan fingerprint density at radius 3 is 2.73 bits per heavy atom. The van der Waals surface area contributed by atoms with Gasteiger partial charge in [0.2, 0.25) is 0 Å². The summed E-state index contributed by atoms with van der Waals surface area (Å²) in [7, 11) is 0. The van der Waals surface area contributed by atoms with Crippen LogP contribution in [0.2, 0.25) is 0 Å². The first-order valence-electron chi connectivity index (χ1n) is 10.9. The zero-order chi connectivity index (χ0) is 24.1. The van der Waals surface area contributed by atoms with E-state index in [0.717, 1.165) is 11.3 Å². The van der Waals surface area contributed by atoms with Crippen LogP contribution in [-0.4, -0.2) is 57.3 Å². The summed E-state index contributed by atoms with van der Waals surface area (Å²) >= 11 is 1.16. The van der Waals surface area contributed by atoms with Crippen LogP contribution in [0.25, 0.3) is 10.2 Å². The summed E-state index contributed by atoms with van der Waals surface area (Å²) < 4.78 is 16.0. The van der Waals surface area contributed by atoms with E-state index in [4.69, 9.17) is 13.9 Å². The third kappa shape index (κ3) is 6.50. The molecule has 3 aromatic heterocycles. The first-order valence-corrected chi connectivity index (χ1v) is 11.7. The number of fused-ring (bicyclic) bond motifs is 1. The van der Waals surface area contributed by atoms with E-state index in [1.807, 2.05) is 24.8 Å². The van der Waals surface area contributed by atoms with Gasteiger partial charge in [-0.25, -0.2) is 9.78 Å². The Morgan fingerprint density at radius 2 is 2.09 bits per heavy atom. The molecule has 0 bridgehead atoms. The summed E-state index contributed by atoms with van der Waals surface area (Å²) in [5, 5.41) is 10.8. The van der Waals surface area contributed by atoms with E-state index < -0.39 is 12.1 Å². The lowest BCUT2D eigenvalue weighted by Crippen LogP contribution is -2.39. The van der Waals surface area contributed by atoms with Crippen LogP contribution in [0.1, 0.15) is 54.5 Å². The van der Waals surface area contributed by atoms with Gasteiger partial charge in [0.15, 0.2) is 0 Å². The van der Waals surface area contributed by atoms with Gasteiger partial charge in [0.1, 0.15) is 27.9 Å². The van der Waals surface area contributed by atoms with Crippen LogP contribution >= 0.6 is 11.3 Å². The number of aliphatic hydroxyl groups is 1. The van der Waals surface area contributed by atoms with Gasteiger partial charge in [-0.1, -0.05) is 0 Å². The zero-order valence-electron chi connectivity index (χ0n) is 19.6. The van der Waals surface area contributed by atoms with E-state index in [-0.39, 0.29) is 30.9 Å². The lowest BCUT2D eigenvalue weighted by atomic mass is 10.2. The number of rotatable bonds is 11. The van der Waals surface area contributed by atoms with Crippen LogP contribution in [0.5, 0.6) is 0 Å². The van der Waals surface area contributed by atoms with Crippen LogP contribution in [0, 0.1) is 6.92 Å². The fourth-order valence-corrected chi connectivity index (χ4v) is 4.47. The minimum atomic E-state index is -0.723. The Bertz CT molecular complexity index is 1120. The number of nitrogens with zero attached hydrogens (tertiary/aromatic N) is 2.